The molecule has 1 saturated carbocycles. The molecule has 1 aromatic carbocycles. The van der Waals surface area contributed by atoms with Gasteiger partial charge in [-0.1, -0.05) is 25.1 Å². The molecule has 20 heavy (non-hydrogen) atoms. The topological polar surface area (TPSA) is 9.23 Å². The molecule has 0 aromatic heterocycles. The molecule has 0 radical (unpaired) electrons. The quantitative estimate of drug-likeness (QED) is 0.670. The molecule has 1 fully saturated rings. The summed E-state index contributed by atoms with van der Waals surface area (Å²) in [6, 6.07) is 6.76. The van der Waals surface area contributed by atoms with Gasteiger partial charge in [0.1, 0.15) is 5.75 Å². The third-order valence-corrected chi connectivity index (χ3v) is 6.23. The van der Waals surface area contributed by atoms with E-state index in [4.69, 9.17) is 4.74 Å². The third kappa shape index (κ3) is 1.68. The van der Waals surface area contributed by atoms with Crippen molar-refractivity contribution in [3.63, 3.8) is 0 Å². The van der Waals surface area contributed by atoms with Crippen LogP contribution in [0, 0.1) is 17.3 Å². The van der Waals surface area contributed by atoms with Crippen LogP contribution in [0.2, 0.25) is 0 Å². The standard InChI is InChI=1S/C19H24O/c1-19-10-3-4-18(19)17-7-5-13-12-14(20-2)6-8-15(13)16(17)9-11-19/h3-4,6,8,12,16-18H,5,7,9-11H2,1-2H3. The van der Waals surface area contributed by atoms with Crippen molar-refractivity contribution < 1.29 is 4.74 Å². The largest absolute Gasteiger partial charge is 0.497 e. The van der Waals surface area contributed by atoms with E-state index >= 15 is 0 Å². The summed E-state index contributed by atoms with van der Waals surface area (Å²) in [5.74, 6) is 3.49. The minimum Gasteiger partial charge on any atom is -0.497 e. The predicted molar refractivity (Wildman–Crippen MR) is 82.1 cm³/mol. The highest BCUT2D eigenvalue weighted by molar-refractivity contribution is 5.41. The minimum absolute atomic E-state index is 0.561. The van der Waals surface area contributed by atoms with Gasteiger partial charge in [0.2, 0.25) is 0 Å². The molecular weight excluding hydrogens is 244 g/mol. The van der Waals surface area contributed by atoms with E-state index in [-0.39, 0.29) is 0 Å². The molecule has 4 rings (SSSR count). The Morgan fingerprint density at radius 3 is 3.00 bits per heavy atom. The summed E-state index contributed by atoms with van der Waals surface area (Å²) in [5, 5.41) is 0. The molecule has 1 heteroatoms. The lowest BCUT2D eigenvalue weighted by atomic mass is 9.56. The number of allylic oxidation sites excluding steroid dienone is 2. The number of ether oxygens (including phenoxy) is 1. The lowest BCUT2D eigenvalue weighted by Gasteiger charge is -2.49. The second-order valence-electron chi connectivity index (χ2n) is 7.22. The normalized spacial score (nSPS) is 38.0. The molecule has 0 spiro atoms. The van der Waals surface area contributed by atoms with Crippen molar-refractivity contribution in [2.75, 3.05) is 7.11 Å². The van der Waals surface area contributed by atoms with Gasteiger partial charge in [0.05, 0.1) is 7.11 Å². The van der Waals surface area contributed by atoms with Gasteiger partial charge in [-0.2, -0.15) is 0 Å². The van der Waals surface area contributed by atoms with Crippen molar-refractivity contribution in [3.8, 4) is 5.75 Å². The smallest absolute Gasteiger partial charge is 0.119 e. The van der Waals surface area contributed by atoms with Crippen molar-refractivity contribution in [1.82, 2.24) is 0 Å². The summed E-state index contributed by atoms with van der Waals surface area (Å²) in [7, 11) is 1.77. The highest BCUT2D eigenvalue weighted by Gasteiger charge is 2.48. The third-order valence-electron chi connectivity index (χ3n) is 6.23. The molecule has 1 nitrogen and oxygen atoms in total. The Morgan fingerprint density at radius 2 is 2.15 bits per heavy atom. The van der Waals surface area contributed by atoms with Gasteiger partial charge in [-0.05, 0) is 78.5 Å². The van der Waals surface area contributed by atoms with Gasteiger partial charge in [-0.3, -0.25) is 0 Å². The molecule has 0 amide bonds. The Kier molecular flexibility index (Phi) is 2.73. The number of fused-ring (bicyclic) bond motifs is 5. The number of hydrogen-bond acceptors (Lipinski definition) is 1. The van der Waals surface area contributed by atoms with Gasteiger partial charge in [0.15, 0.2) is 0 Å². The fourth-order valence-electron chi connectivity index (χ4n) is 5.11. The van der Waals surface area contributed by atoms with Crippen molar-refractivity contribution in [2.24, 2.45) is 17.3 Å². The van der Waals surface area contributed by atoms with Crippen LogP contribution in [0.5, 0.6) is 5.75 Å². The van der Waals surface area contributed by atoms with Gasteiger partial charge in [-0.15, -0.1) is 0 Å². The molecule has 4 atom stereocenters. The zero-order valence-electron chi connectivity index (χ0n) is 12.6. The first-order valence-electron chi connectivity index (χ1n) is 8.05. The van der Waals surface area contributed by atoms with Crippen LogP contribution in [0.3, 0.4) is 0 Å². The van der Waals surface area contributed by atoms with Crippen LogP contribution in [0.1, 0.15) is 49.7 Å². The lowest BCUT2D eigenvalue weighted by molar-refractivity contribution is 0.0787. The molecule has 0 heterocycles. The summed E-state index contributed by atoms with van der Waals surface area (Å²) in [6.45, 7) is 2.51. The molecule has 4 unspecified atom stereocenters. The second kappa shape index (κ2) is 4.38. The average Bonchev–Trinajstić information content (AvgIpc) is 2.88. The number of methoxy groups -OCH3 is 1. The van der Waals surface area contributed by atoms with Crippen molar-refractivity contribution >= 4 is 0 Å². The Balaban J connectivity index is 1.71. The van der Waals surface area contributed by atoms with Crippen LogP contribution < -0.4 is 4.74 Å². The summed E-state index contributed by atoms with van der Waals surface area (Å²) in [5.41, 5.74) is 3.71. The van der Waals surface area contributed by atoms with E-state index in [9.17, 15) is 0 Å². The zero-order valence-corrected chi connectivity index (χ0v) is 12.6. The zero-order chi connectivity index (χ0) is 13.7. The van der Waals surface area contributed by atoms with E-state index in [1.165, 1.54) is 37.7 Å². The molecule has 106 valence electrons. The van der Waals surface area contributed by atoms with E-state index in [0.717, 1.165) is 23.5 Å². The van der Waals surface area contributed by atoms with Crippen LogP contribution in [0.4, 0.5) is 0 Å². The Labute approximate surface area is 122 Å². The number of hydrogen-bond donors (Lipinski definition) is 0. The maximum atomic E-state index is 5.39. The Hall–Kier alpha value is -1.24. The fourth-order valence-corrected chi connectivity index (χ4v) is 5.11. The fraction of sp³-hybridized carbons (Fsp3) is 0.579. The van der Waals surface area contributed by atoms with Crippen LogP contribution in [-0.4, -0.2) is 7.11 Å². The highest BCUT2D eigenvalue weighted by Crippen LogP contribution is 2.58. The van der Waals surface area contributed by atoms with E-state index in [0.29, 0.717) is 5.41 Å². The predicted octanol–water partition coefficient (Wildman–Crippen LogP) is 4.72. The monoisotopic (exact) mass is 268 g/mol. The first kappa shape index (κ1) is 12.5. The van der Waals surface area contributed by atoms with Crippen LogP contribution in [0.25, 0.3) is 0 Å². The minimum atomic E-state index is 0.561. The SMILES string of the molecule is COc1ccc2c(c1)CCC1C2CCC2(C)CC=CC12. The number of aryl methyl sites for hydroxylation is 1. The summed E-state index contributed by atoms with van der Waals surface area (Å²) >= 11 is 0. The van der Waals surface area contributed by atoms with Gasteiger partial charge in [-0.25, -0.2) is 0 Å². The second-order valence-corrected chi connectivity index (χ2v) is 7.22. The van der Waals surface area contributed by atoms with Crippen LogP contribution >= 0.6 is 0 Å². The van der Waals surface area contributed by atoms with Crippen molar-refractivity contribution in [3.05, 3.63) is 41.5 Å². The van der Waals surface area contributed by atoms with E-state index in [2.05, 4.69) is 37.3 Å². The van der Waals surface area contributed by atoms with Crippen molar-refractivity contribution in [2.45, 2.75) is 44.9 Å². The first-order chi connectivity index (χ1) is 9.71. The lowest BCUT2D eigenvalue weighted by Crippen LogP contribution is -2.39. The van der Waals surface area contributed by atoms with Crippen LogP contribution in [0.15, 0.2) is 30.4 Å². The molecule has 0 aliphatic heterocycles. The first-order valence-corrected chi connectivity index (χ1v) is 8.05. The number of rotatable bonds is 1. The van der Waals surface area contributed by atoms with Crippen LogP contribution in [-0.2, 0) is 6.42 Å². The Bertz CT molecular complexity index is 559. The van der Waals surface area contributed by atoms with E-state index in [1.807, 2.05) is 0 Å². The molecule has 3 aliphatic rings. The molecule has 3 aliphatic carbocycles. The highest BCUT2D eigenvalue weighted by atomic mass is 16.5. The van der Waals surface area contributed by atoms with Gasteiger partial charge in [0, 0.05) is 0 Å². The molecule has 1 aromatic rings. The number of benzene rings is 1. The molecule has 0 bridgehead atoms. The summed E-state index contributed by atoms with van der Waals surface area (Å²) in [6.07, 6.45) is 11.6. The maximum Gasteiger partial charge on any atom is 0.119 e. The molecule has 0 saturated heterocycles. The van der Waals surface area contributed by atoms with Gasteiger partial charge < -0.3 is 4.74 Å². The maximum absolute atomic E-state index is 5.39. The molecular formula is C19H24O. The van der Waals surface area contributed by atoms with E-state index in [1.54, 1.807) is 12.7 Å². The van der Waals surface area contributed by atoms with Gasteiger partial charge in [0.25, 0.3) is 0 Å². The summed E-state index contributed by atoms with van der Waals surface area (Å²) in [4.78, 5) is 0. The van der Waals surface area contributed by atoms with Crippen molar-refractivity contribution in [1.29, 1.82) is 0 Å². The Morgan fingerprint density at radius 1 is 1.25 bits per heavy atom. The molecule has 0 N–H and O–H groups in total. The van der Waals surface area contributed by atoms with Gasteiger partial charge >= 0.3 is 0 Å². The van der Waals surface area contributed by atoms with E-state index < -0.39 is 0 Å². The summed E-state index contributed by atoms with van der Waals surface area (Å²) < 4.78 is 5.39. The average molecular weight is 268 g/mol.